The standard InChI is InChI=1S/C14H21N3O3.C6H3Cl3O2S/c1-3-7-19-14(18)16-10(2)8-11-9-13(17-20-11)12-5-4-6-15-12;7-4-1-5(8)3-6(2-4)12(9,10)11/h3,9-10,12,15H,1,4-8H2,2H3,(H,16,18);1-3H. The third kappa shape index (κ3) is 8.99. The zero-order chi connectivity index (χ0) is 23.7. The van der Waals surface area contributed by atoms with Gasteiger partial charge in [0.2, 0.25) is 0 Å². The van der Waals surface area contributed by atoms with Gasteiger partial charge < -0.3 is 19.9 Å². The predicted octanol–water partition coefficient (Wildman–Crippen LogP) is 4.86. The summed E-state index contributed by atoms with van der Waals surface area (Å²) in [4.78, 5) is 11.3. The second-order valence-corrected chi connectivity index (χ2v) is 10.5. The fraction of sp³-hybridized carbons (Fsp3) is 0.400. The van der Waals surface area contributed by atoms with Gasteiger partial charge in [0.05, 0.1) is 10.9 Å². The monoisotopic (exact) mass is 523 g/mol. The van der Waals surface area contributed by atoms with Crippen LogP contribution >= 0.6 is 33.9 Å². The summed E-state index contributed by atoms with van der Waals surface area (Å²) in [6.07, 6.45) is 3.92. The molecule has 176 valence electrons. The average molecular weight is 525 g/mol. The highest BCUT2D eigenvalue weighted by Crippen LogP contribution is 2.24. The Balaban J connectivity index is 0.000000258. The molecule has 2 heterocycles. The van der Waals surface area contributed by atoms with Crippen molar-refractivity contribution in [3.8, 4) is 0 Å². The van der Waals surface area contributed by atoms with E-state index < -0.39 is 15.1 Å². The number of nitrogens with one attached hydrogen (secondary N) is 2. The Kier molecular flexibility index (Phi) is 10.3. The Hall–Kier alpha value is -1.78. The molecule has 1 aliphatic heterocycles. The van der Waals surface area contributed by atoms with E-state index in [4.69, 9.17) is 43.1 Å². The molecule has 2 N–H and O–H groups in total. The minimum atomic E-state index is -3.74. The lowest BCUT2D eigenvalue weighted by atomic mass is 10.1. The van der Waals surface area contributed by atoms with E-state index in [-0.39, 0.29) is 27.6 Å². The number of carbonyl (C=O) groups excluding carboxylic acids is 1. The lowest BCUT2D eigenvalue weighted by molar-refractivity contribution is 0.154. The van der Waals surface area contributed by atoms with E-state index in [2.05, 4.69) is 22.4 Å². The number of benzene rings is 1. The number of hydrogen-bond donors (Lipinski definition) is 2. The van der Waals surface area contributed by atoms with Gasteiger partial charge in [0.1, 0.15) is 18.1 Å². The van der Waals surface area contributed by atoms with Crippen molar-refractivity contribution >= 4 is 49.0 Å². The molecule has 0 aliphatic carbocycles. The number of amides is 1. The number of halogens is 3. The first-order chi connectivity index (χ1) is 15.1. The van der Waals surface area contributed by atoms with E-state index in [0.717, 1.165) is 24.4 Å². The second-order valence-electron chi connectivity index (χ2n) is 7.05. The molecule has 1 amide bonds. The molecule has 1 saturated heterocycles. The van der Waals surface area contributed by atoms with Crippen molar-refractivity contribution in [1.29, 1.82) is 0 Å². The van der Waals surface area contributed by atoms with Crippen LogP contribution in [0, 0.1) is 0 Å². The lowest BCUT2D eigenvalue weighted by Gasteiger charge is -2.11. The molecule has 2 aromatic rings. The molecule has 32 heavy (non-hydrogen) atoms. The summed E-state index contributed by atoms with van der Waals surface area (Å²) in [5.41, 5.74) is 0.943. The third-order valence-electron chi connectivity index (χ3n) is 4.32. The molecule has 2 unspecified atom stereocenters. The number of hydrogen-bond acceptors (Lipinski definition) is 7. The Morgan fingerprint density at radius 1 is 1.38 bits per heavy atom. The van der Waals surface area contributed by atoms with E-state index in [9.17, 15) is 13.2 Å². The summed E-state index contributed by atoms with van der Waals surface area (Å²) < 4.78 is 31.7. The van der Waals surface area contributed by atoms with Crippen molar-refractivity contribution in [1.82, 2.24) is 15.8 Å². The average Bonchev–Trinajstić information content (AvgIpc) is 3.37. The zero-order valence-electron chi connectivity index (χ0n) is 17.3. The molecule has 1 aromatic carbocycles. The summed E-state index contributed by atoms with van der Waals surface area (Å²) in [7, 11) is 1.31. The van der Waals surface area contributed by atoms with Crippen molar-refractivity contribution in [3.05, 3.63) is 58.4 Å². The van der Waals surface area contributed by atoms with Gasteiger partial charge in [0.15, 0.2) is 0 Å². The highest BCUT2D eigenvalue weighted by Gasteiger charge is 2.21. The van der Waals surface area contributed by atoms with Crippen LogP contribution in [0.2, 0.25) is 10.0 Å². The van der Waals surface area contributed by atoms with E-state index in [1.807, 2.05) is 13.0 Å². The summed E-state index contributed by atoms with van der Waals surface area (Å²) in [6.45, 7) is 6.61. The van der Waals surface area contributed by atoms with Crippen molar-refractivity contribution in [2.24, 2.45) is 0 Å². The van der Waals surface area contributed by atoms with Gasteiger partial charge in [-0.2, -0.15) is 0 Å². The largest absolute Gasteiger partial charge is 0.445 e. The van der Waals surface area contributed by atoms with Gasteiger partial charge in [-0.3, -0.25) is 0 Å². The van der Waals surface area contributed by atoms with Crippen molar-refractivity contribution in [2.45, 2.75) is 43.2 Å². The second kappa shape index (κ2) is 12.5. The van der Waals surface area contributed by atoms with Gasteiger partial charge in [-0.1, -0.05) is 41.0 Å². The highest BCUT2D eigenvalue weighted by molar-refractivity contribution is 8.13. The molecule has 0 spiro atoms. The van der Waals surface area contributed by atoms with Gasteiger partial charge in [0.25, 0.3) is 9.05 Å². The van der Waals surface area contributed by atoms with Crippen molar-refractivity contribution in [3.63, 3.8) is 0 Å². The number of rotatable bonds is 7. The Labute approximate surface area is 201 Å². The van der Waals surface area contributed by atoms with Crippen molar-refractivity contribution < 1.29 is 22.5 Å². The number of nitrogens with zero attached hydrogens (tertiary/aromatic N) is 1. The van der Waals surface area contributed by atoms with Crippen molar-refractivity contribution in [2.75, 3.05) is 13.2 Å². The quantitative estimate of drug-likeness (QED) is 0.393. The SMILES string of the molecule is C=CCOC(=O)NC(C)Cc1cc(C2CCCN2)no1.O=S(=O)(Cl)c1cc(Cl)cc(Cl)c1. The summed E-state index contributed by atoms with van der Waals surface area (Å²) in [5, 5.41) is 10.7. The fourth-order valence-corrected chi connectivity index (χ4v) is 4.38. The summed E-state index contributed by atoms with van der Waals surface area (Å²) >= 11 is 11.1. The first-order valence-electron chi connectivity index (χ1n) is 9.72. The van der Waals surface area contributed by atoms with Crippen LogP contribution in [0.5, 0.6) is 0 Å². The molecule has 2 atom stereocenters. The Morgan fingerprint density at radius 2 is 2.06 bits per heavy atom. The van der Waals surface area contributed by atoms with Crippen LogP contribution in [-0.2, 0) is 20.2 Å². The number of ether oxygens (including phenoxy) is 1. The molecule has 12 heteroatoms. The summed E-state index contributed by atoms with van der Waals surface area (Å²) in [5.74, 6) is 0.769. The number of alkyl carbamates (subject to hydrolysis) is 1. The van der Waals surface area contributed by atoms with Gasteiger partial charge in [-0.25, -0.2) is 13.2 Å². The lowest BCUT2D eigenvalue weighted by Crippen LogP contribution is -2.34. The summed E-state index contributed by atoms with van der Waals surface area (Å²) in [6, 6.07) is 6.06. The highest BCUT2D eigenvalue weighted by atomic mass is 35.7. The normalized spacial score (nSPS) is 16.6. The fourth-order valence-electron chi connectivity index (χ4n) is 2.93. The molecule has 1 aromatic heterocycles. The van der Waals surface area contributed by atoms with Gasteiger partial charge in [-0.15, -0.1) is 0 Å². The zero-order valence-corrected chi connectivity index (χ0v) is 20.4. The maximum absolute atomic E-state index is 11.4. The van der Waals surface area contributed by atoms with Crippen LogP contribution in [0.15, 0.2) is 46.3 Å². The van der Waals surface area contributed by atoms with E-state index >= 15 is 0 Å². The van der Waals surface area contributed by atoms with Gasteiger partial charge in [0, 0.05) is 39.3 Å². The molecule has 3 rings (SSSR count). The van der Waals surface area contributed by atoms with Crippen LogP contribution in [0.3, 0.4) is 0 Å². The number of aromatic nitrogens is 1. The van der Waals surface area contributed by atoms with Crippen LogP contribution in [0.1, 0.15) is 37.3 Å². The maximum atomic E-state index is 11.4. The minimum absolute atomic E-state index is 0.0790. The number of carbonyl (C=O) groups is 1. The van der Waals surface area contributed by atoms with Crippen LogP contribution in [0.25, 0.3) is 0 Å². The van der Waals surface area contributed by atoms with Crippen LogP contribution in [-0.4, -0.2) is 38.9 Å². The molecular formula is C20H24Cl3N3O5S. The molecule has 0 saturated carbocycles. The Bertz CT molecular complexity index is 1000. The topological polar surface area (TPSA) is 111 Å². The molecule has 8 nitrogen and oxygen atoms in total. The van der Waals surface area contributed by atoms with Crippen LogP contribution < -0.4 is 10.6 Å². The molecule has 1 fully saturated rings. The first kappa shape index (κ1) is 26.5. The van der Waals surface area contributed by atoms with Crippen LogP contribution in [0.4, 0.5) is 4.79 Å². The first-order valence-corrected chi connectivity index (χ1v) is 12.8. The maximum Gasteiger partial charge on any atom is 0.407 e. The van der Waals surface area contributed by atoms with Gasteiger partial charge in [-0.05, 0) is 44.5 Å². The molecule has 1 aliphatic rings. The minimum Gasteiger partial charge on any atom is -0.445 e. The van der Waals surface area contributed by atoms with Gasteiger partial charge >= 0.3 is 6.09 Å². The molecule has 0 radical (unpaired) electrons. The van der Waals surface area contributed by atoms with E-state index in [1.165, 1.54) is 30.7 Å². The predicted molar refractivity (Wildman–Crippen MR) is 124 cm³/mol. The van der Waals surface area contributed by atoms with E-state index in [1.54, 1.807) is 0 Å². The molecule has 0 bridgehead atoms. The third-order valence-corrected chi connectivity index (χ3v) is 6.09. The van der Waals surface area contributed by atoms with E-state index in [0.29, 0.717) is 12.5 Å². The Morgan fingerprint density at radius 3 is 2.62 bits per heavy atom. The molecular weight excluding hydrogens is 501 g/mol. The smallest absolute Gasteiger partial charge is 0.407 e.